The lowest BCUT2D eigenvalue weighted by Crippen LogP contribution is -2.58. The lowest BCUT2D eigenvalue weighted by atomic mass is 9.87. The Balaban J connectivity index is 2.03. The van der Waals surface area contributed by atoms with Gasteiger partial charge in [0.05, 0.1) is 0 Å². The van der Waals surface area contributed by atoms with E-state index < -0.39 is 0 Å². The molecule has 1 fully saturated rings. The van der Waals surface area contributed by atoms with Gasteiger partial charge in [0, 0.05) is 11.6 Å². The molecular formula is C16H25FN2. The highest BCUT2D eigenvalue weighted by molar-refractivity contribution is 5.18. The van der Waals surface area contributed by atoms with Gasteiger partial charge in [-0.15, -0.1) is 0 Å². The highest BCUT2D eigenvalue weighted by atomic mass is 19.1. The fourth-order valence-electron chi connectivity index (χ4n) is 2.87. The number of hydrogen-bond acceptors (Lipinski definition) is 2. The Kier molecular flexibility index (Phi) is 4.58. The van der Waals surface area contributed by atoms with Crippen molar-refractivity contribution in [3.8, 4) is 0 Å². The highest BCUT2D eigenvalue weighted by Gasteiger charge is 2.33. The van der Waals surface area contributed by atoms with Crippen LogP contribution in [0.5, 0.6) is 0 Å². The average Bonchev–Trinajstić information content (AvgIpc) is 2.39. The molecule has 1 saturated heterocycles. The van der Waals surface area contributed by atoms with Crippen molar-refractivity contribution in [2.45, 2.75) is 51.1 Å². The van der Waals surface area contributed by atoms with E-state index in [0.717, 1.165) is 25.1 Å². The first-order chi connectivity index (χ1) is 9.00. The number of piperidine rings is 1. The molecule has 0 aromatic heterocycles. The molecule has 19 heavy (non-hydrogen) atoms. The third kappa shape index (κ3) is 3.54. The standard InChI is InChI=1S/C16H25FN2/c1-16(2,19-9-4-3-5-10-19)15(18)12-13-7-6-8-14(17)11-13/h6-8,11,15H,3-5,9-10,12,18H2,1-2H3. The van der Waals surface area contributed by atoms with Crippen LogP contribution < -0.4 is 5.73 Å². The van der Waals surface area contributed by atoms with E-state index >= 15 is 0 Å². The Labute approximate surface area is 115 Å². The molecule has 2 rings (SSSR count). The van der Waals surface area contributed by atoms with Gasteiger partial charge in [0.1, 0.15) is 5.82 Å². The van der Waals surface area contributed by atoms with Crippen molar-refractivity contribution < 1.29 is 4.39 Å². The van der Waals surface area contributed by atoms with E-state index in [1.165, 1.54) is 25.3 Å². The Morgan fingerprint density at radius 1 is 1.26 bits per heavy atom. The molecule has 1 aliphatic heterocycles. The van der Waals surface area contributed by atoms with Gasteiger partial charge in [0.2, 0.25) is 0 Å². The molecular weight excluding hydrogens is 239 g/mol. The predicted molar refractivity (Wildman–Crippen MR) is 77.6 cm³/mol. The number of nitrogens with two attached hydrogens (primary N) is 1. The quantitative estimate of drug-likeness (QED) is 0.906. The molecule has 1 unspecified atom stereocenters. The lowest BCUT2D eigenvalue weighted by Gasteiger charge is -2.44. The van der Waals surface area contributed by atoms with Crippen molar-refractivity contribution in [2.75, 3.05) is 13.1 Å². The maximum absolute atomic E-state index is 13.2. The topological polar surface area (TPSA) is 29.3 Å². The average molecular weight is 264 g/mol. The molecule has 1 aromatic rings. The van der Waals surface area contributed by atoms with Gasteiger partial charge >= 0.3 is 0 Å². The fraction of sp³-hybridized carbons (Fsp3) is 0.625. The second-order valence-corrected chi connectivity index (χ2v) is 6.14. The summed E-state index contributed by atoms with van der Waals surface area (Å²) in [5.41, 5.74) is 7.35. The molecule has 1 atom stereocenters. The normalized spacial score (nSPS) is 19.4. The van der Waals surface area contributed by atoms with Crippen LogP contribution in [0.25, 0.3) is 0 Å². The lowest BCUT2D eigenvalue weighted by molar-refractivity contribution is 0.0731. The monoisotopic (exact) mass is 264 g/mol. The van der Waals surface area contributed by atoms with Crippen LogP contribution in [0.1, 0.15) is 38.7 Å². The van der Waals surface area contributed by atoms with Crippen LogP contribution in [-0.4, -0.2) is 29.6 Å². The SMILES string of the molecule is CC(C)(C(N)Cc1cccc(F)c1)N1CCCCC1. The van der Waals surface area contributed by atoms with Crippen molar-refractivity contribution in [1.29, 1.82) is 0 Å². The van der Waals surface area contributed by atoms with E-state index in [4.69, 9.17) is 5.73 Å². The first-order valence-corrected chi connectivity index (χ1v) is 7.25. The molecule has 1 aromatic carbocycles. The molecule has 2 nitrogen and oxygen atoms in total. The van der Waals surface area contributed by atoms with Crippen molar-refractivity contribution in [2.24, 2.45) is 5.73 Å². The van der Waals surface area contributed by atoms with Crippen molar-refractivity contribution >= 4 is 0 Å². The molecule has 1 aliphatic rings. The molecule has 3 heteroatoms. The zero-order valence-electron chi connectivity index (χ0n) is 12.0. The summed E-state index contributed by atoms with van der Waals surface area (Å²) in [7, 11) is 0. The maximum Gasteiger partial charge on any atom is 0.123 e. The second kappa shape index (κ2) is 6.02. The van der Waals surface area contributed by atoms with Gasteiger partial charge in [-0.25, -0.2) is 4.39 Å². The molecule has 0 amide bonds. The summed E-state index contributed by atoms with van der Waals surface area (Å²) in [6.45, 7) is 6.68. The minimum Gasteiger partial charge on any atom is -0.326 e. The van der Waals surface area contributed by atoms with E-state index in [1.807, 2.05) is 6.07 Å². The fourth-order valence-corrected chi connectivity index (χ4v) is 2.87. The number of likely N-dealkylation sites (tertiary alicyclic amines) is 1. The summed E-state index contributed by atoms with van der Waals surface area (Å²) in [5.74, 6) is -0.180. The zero-order chi connectivity index (χ0) is 13.9. The Hall–Kier alpha value is -0.930. The molecule has 2 N–H and O–H groups in total. The van der Waals surface area contributed by atoms with Crippen LogP contribution in [0, 0.1) is 5.82 Å². The van der Waals surface area contributed by atoms with Crippen LogP contribution >= 0.6 is 0 Å². The molecule has 0 radical (unpaired) electrons. The summed E-state index contributed by atoms with van der Waals surface area (Å²) in [6.07, 6.45) is 4.57. The molecule has 0 saturated carbocycles. The summed E-state index contributed by atoms with van der Waals surface area (Å²) >= 11 is 0. The molecule has 106 valence electrons. The zero-order valence-corrected chi connectivity index (χ0v) is 12.0. The summed E-state index contributed by atoms with van der Waals surface area (Å²) < 4.78 is 13.2. The molecule has 0 bridgehead atoms. The summed E-state index contributed by atoms with van der Waals surface area (Å²) in [6, 6.07) is 6.80. The van der Waals surface area contributed by atoms with Gasteiger partial charge in [-0.05, 0) is 63.9 Å². The third-order valence-corrected chi connectivity index (χ3v) is 4.42. The first-order valence-electron chi connectivity index (χ1n) is 7.25. The van der Waals surface area contributed by atoms with Gasteiger partial charge in [0.25, 0.3) is 0 Å². The van der Waals surface area contributed by atoms with Gasteiger partial charge < -0.3 is 5.73 Å². The van der Waals surface area contributed by atoms with Crippen LogP contribution in [0.2, 0.25) is 0 Å². The smallest absolute Gasteiger partial charge is 0.123 e. The van der Waals surface area contributed by atoms with E-state index in [0.29, 0.717) is 0 Å². The van der Waals surface area contributed by atoms with Crippen molar-refractivity contribution in [3.63, 3.8) is 0 Å². The van der Waals surface area contributed by atoms with E-state index in [1.54, 1.807) is 12.1 Å². The van der Waals surface area contributed by atoms with Crippen LogP contribution in [-0.2, 0) is 6.42 Å². The molecule has 0 aliphatic carbocycles. The van der Waals surface area contributed by atoms with Crippen molar-refractivity contribution in [3.05, 3.63) is 35.6 Å². The van der Waals surface area contributed by atoms with Crippen LogP contribution in [0.4, 0.5) is 4.39 Å². The summed E-state index contributed by atoms with van der Waals surface area (Å²) in [5, 5.41) is 0. The van der Waals surface area contributed by atoms with Crippen LogP contribution in [0.3, 0.4) is 0 Å². The van der Waals surface area contributed by atoms with E-state index in [2.05, 4.69) is 18.7 Å². The number of nitrogens with zero attached hydrogens (tertiary/aromatic N) is 1. The minimum atomic E-state index is -0.180. The number of halogens is 1. The van der Waals surface area contributed by atoms with E-state index in [9.17, 15) is 4.39 Å². The van der Waals surface area contributed by atoms with Gasteiger partial charge in [-0.3, -0.25) is 4.90 Å². The molecule has 0 spiro atoms. The Morgan fingerprint density at radius 2 is 1.95 bits per heavy atom. The second-order valence-electron chi connectivity index (χ2n) is 6.14. The Bertz CT molecular complexity index is 411. The first kappa shape index (κ1) is 14.5. The van der Waals surface area contributed by atoms with E-state index in [-0.39, 0.29) is 17.4 Å². The minimum absolute atomic E-state index is 0.0207. The summed E-state index contributed by atoms with van der Waals surface area (Å²) in [4.78, 5) is 2.49. The largest absolute Gasteiger partial charge is 0.326 e. The maximum atomic E-state index is 13.2. The number of hydrogen-bond donors (Lipinski definition) is 1. The third-order valence-electron chi connectivity index (χ3n) is 4.42. The van der Waals surface area contributed by atoms with Gasteiger partial charge in [-0.1, -0.05) is 18.6 Å². The van der Waals surface area contributed by atoms with Crippen molar-refractivity contribution in [1.82, 2.24) is 4.90 Å². The molecule has 1 heterocycles. The van der Waals surface area contributed by atoms with Crippen LogP contribution in [0.15, 0.2) is 24.3 Å². The highest BCUT2D eigenvalue weighted by Crippen LogP contribution is 2.24. The number of benzene rings is 1. The van der Waals surface area contributed by atoms with Gasteiger partial charge in [0.15, 0.2) is 0 Å². The number of rotatable bonds is 4. The van der Waals surface area contributed by atoms with Gasteiger partial charge in [-0.2, -0.15) is 0 Å². The predicted octanol–water partition coefficient (Wildman–Crippen LogP) is 2.96. The Morgan fingerprint density at radius 3 is 2.58 bits per heavy atom.